The van der Waals surface area contributed by atoms with Crippen LogP contribution in [0.4, 0.5) is 10.5 Å². The van der Waals surface area contributed by atoms with E-state index >= 15 is 0 Å². The summed E-state index contributed by atoms with van der Waals surface area (Å²) in [6.07, 6.45) is 4.55. The Labute approximate surface area is 215 Å². The third-order valence-corrected chi connectivity index (χ3v) is 8.06. The number of aryl methyl sites for hydroxylation is 1. The zero-order valence-corrected chi connectivity index (χ0v) is 20.9. The van der Waals surface area contributed by atoms with Crippen molar-refractivity contribution in [2.45, 2.75) is 63.6 Å². The second-order valence-electron chi connectivity index (χ2n) is 10.8. The van der Waals surface area contributed by atoms with Crippen LogP contribution in [0.3, 0.4) is 0 Å². The number of rotatable bonds is 8. The maximum absolute atomic E-state index is 13.8. The highest BCUT2D eigenvalue weighted by Crippen LogP contribution is 2.48. The van der Waals surface area contributed by atoms with Gasteiger partial charge in [0.05, 0.1) is 0 Å². The molecule has 6 rings (SSSR count). The van der Waals surface area contributed by atoms with Crippen LogP contribution >= 0.6 is 0 Å². The van der Waals surface area contributed by atoms with E-state index in [2.05, 4.69) is 5.32 Å². The van der Waals surface area contributed by atoms with Crippen LogP contribution in [0.15, 0.2) is 48.5 Å². The standard InChI is InChI=1S/C29H31N3O5/c1-18(33)30-23-11-12-24-22(15-23)13-14-29(24)27(35)32(28(36)37-29)17-25(34)31(16-19-5-3-2-4-6-19)26(20-7-8-20)21-9-10-21/h2-6,11-12,15,20-21,26H,7-10,13-14,16-17H2,1H3,(H,30,33). The Morgan fingerprint density at radius 2 is 1.78 bits per heavy atom. The molecule has 0 bridgehead atoms. The van der Waals surface area contributed by atoms with Crippen LogP contribution in [0.5, 0.6) is 0 Å². The van der Waals surface area contributed by atoms with Crippen LogP contribution in [0, 0.1) is 11.8 Å². The van der Waals surface area contributed by atoms with Crippen molar-refractivity contribution in [1.29, 1.82) is 0 Å². The Morgan fingerprint density at radius 1 is 1.08 bits per heavy atom. The van der Waals surface area contributed by atoms with Crippen LogP contribution < -0.4 is 5.32 Å². The van der Waals surface area contributed by atoms with Gasteiger partial charge >= 0.3 is 6.09 Å². The lowest BCUT2D eigenvalue weighted by Crippen LogP contribution is -2.49. The zero-order chi connectivity index (χ0) is 25.7. The van der Waals surface area contributed by atoms with Crippen LogP contribution in [-0.4, -0.2) is 46.2 Å². The molecule has 1 N–H and O–H groups in total. The van der Waals surface area contributed by atoms with Gasteiger partial charge in [0, 0.05) is 37.2 Å². The van der Waals surface area contributed by atoms with Crippen molar-refractivity contribution in [3.8, 4) is 0 Å². The largest absolute Gasteiger partial charge is 0.427 e. The SMILES string of the molecule is CC(=O)Nc1ccc2c(c1)CCC21OC(=O)N(CC(=O)N(Cc2ccccc2)C(C2CC2)C2CC2)C1=O. The number of nitrogens with one attached hydrogen (secondary N) is 1. The van der Waals surface area contributed by atoms with Gasteiger partial charge in [-0.1, -0.05) is 36.4 Å². The van der Waals surface area contributed by atoms with Gasteiger partial charge < -0.3 is 15.0 Å². The molecule has 8 heteroatoms. The first-order valence-electron chi connectivity index (χ1n) is 13.1. The van der Waals surface area contributed by atoms with E-state index in [1.165, 1.54) is 6.92 Å². The van der Waals surface area contributed by atoms with Gasteiger partial charge in [0.1, 0.15) is 6.54 Å². The molecule has 0 aromatic heterocycles. The van der Waals surface area contributed by atoms with Crippen molar-refractivity contribution in [1.82, 2.24) is 9.80 Å². The maximum Gasteiger partial charge on any atom is 0.418 e. The van der Waals surface area contributed by atoms with Crippen LogP contribution in [0.1, 0.15) is 55.7 Å². The lowest BCUT2D eigenvalue weighted by molar-refractivity contribution is -0.143. The molecular weight excluding hydrogens is 470 g/mol. The average Bonchev–Trinajstić information content (AvgIpc) is 3.81. The summed E-state index contributed by atoms with van der Waals surface area (Å²) in [5, 5.41) is 2.75. The maximum atomic E-state index is 13.8. The molecule has 3 aliphatic carbocycles. The fraction of sp³-hybridized carbons (Fsp3) is 0.448. The molecule has 4 amide bonds. The number of imide groups is 1. The van der Waals surface area contributed by atoms with Crippen LogP contribution in [-0.2, 0) is 37.7 Å². The van der Waals surface area contributed by atoms with Gasteiger partial charge in [-0.15, -0.1) is 0 Å². The van der Waals surface area contributed by atoms with Crippen LogP contribution in [0.25, 0.3) is 0 Å². The highest BCUT2D eigenvalue weighted by atomic mass is 16.6. The minimum absolute atomic E-state index is 0.148. The molecule has 2 aromatic rings. The summed E-state index contributed by atoms with van der Waals surface area (Å²) in [4.78, 5) is 54.8. The van der Waals surface area contributed by atoms with E-state index in [-0.39, 0.29) is 24.4 Å². The monoisotopic (exact) mass is 501 g/mol. The number of amides is 4. The lowest BCUT2D eigenvalue weighted by atomic mass is 9.94. The van der Waals surface area contributed by atoms with E-state index in [9.17, 15) is 19.2 Å². The van der Waals surface area contributed by atoms with E-state index in [0.29, 0.717) is 42.5 Å². The lowest BCUT2D eigenvalue weighted by Gasteiger charge is -2.33. The molecule has 1 atom stereocenters. The van der Waals surface area contributed by atoms with Gasteiger partial charge in [0.15, 0.2) is 0 Å². The molecule has 2 aromatic carbocycles. The van der Waals surface area contributed by atoms with Gasteiger partial charge in [-0.2, -0.15) is 0 Å². The topological polar surface area (TPSA) is 96.0 Å². The average molecular weight is 502 g/mol. The third kappa shape index (κ3) is 4.38. The Morgan fingerprint density at radius 3 is 2.43 bits per heavy atom. The number of benzene rings is 2. The van der Waals surface area contributed by atoms with E-state index in [4.69, 9.17) is 4.74 Å². The molecule has 1 heterocycles. The van der Waals surface area contributed by atoms with Gasteiger partial charge in [-0.3, -0.25) is 14.4 Å². The molecule has 0 radical (unpaired) electrons. The molecule has 37 heavy (non-hydrogen) atoms. The fourth-order valence-corrected chi connectivity index (χ4v) is 6.07. The van der Waals surface area contributed by atoms with Gasteiger partial charge in [-0.05, 0) is 67.2 Å². The number of carbonyl (C=O) groups is 4. The predicted molar refractivity (Wildman–Crippen MR) is 135 cm³/mol. The zero-order valence-electron chi connectivity index (χ0n) is 20.9. The van der Waals surface area contributed by atoms with Gasteiger partial charge in [-0.25, -0.2) is 9.69 Å². The molecule has 3 fully saturated rings. The first kappa shape index (κ1) is 23.7. The number of hydrogen-bond acceptors (Lipinski definition) is 5. The highest BCUT2D eigenvalue weighted by molar-refractivity contribution is 6.06. The molecule has 192 valence electrons. The minimum atomic E-state index is -1.40. The molecule has 1 saturated heterocycles. The van der Waals surface area contributed by atoms with E-state index < -0.39 is 17.6 Å². The van der Waals surface area contributed by atoms with Gasteiger partial charge in [0.2, 0.25) is 17.4 Å². The number of anilines is 1. The smallest absolute Gasteiger partial charge is 0.418 e. The quantitative estimate of drug-likeness (QED) is 0.590. The Hall–Kier alpha value is -3.68. The Bertz CT molecular complexity index is 1260. The summed E-state index contributed by atoms with van der Waals surface area (Å²) in [6, 6.07) is 15.3. The molecule has 4 aliphatic rings. The molecule has 1 aliphatic heterocycles. The fourth-order valence-electron chi connectivity index (χ4n) is 6.07. The summed E-state index contributed by atoms with van der Waals surface area (Å²) in [7, 11) is 0. The van der Waals surface area contributed by atoms with Crippen molar-refractivity contribution in [2.75, 3.05) is 11.9 Å². The first-order valence-corrected chi connectivity index (χ1v) is 13.1. The summed E-state index contributed by atoms with van der Waals surface area (Å²) in [6.45, 7) is 1.58. The second-order valence-corrected chi connectivity index (χ2v) is 10.8. The summed E-state index contributed by atoms with van der Waals surface area (Å²) >= 11 is 0. The second kappa shape index (κ2) is 9.01. The normalized spacial score (nSPS) is 22.4. The predicted octanol–water partition coefficient (Wildman–Crippen LogP) is 3.98. The van der Waals surface area contributed by atoms with Crippen molar-refractivity contribution in [3.05, 3.63) is 65.2 Å². The third-order valence-electron chi connectivity index (χ3n) is 8.06. The van der Waals surface area contributed by atoms with Crippen LogP contribution in [0.2, 0.25) is 0 Å². The molecular formula is C29H31N3O5. The van der Waals surface area contributed by atoms with Crippen molar-refractivity contribution >= 4 is 29.5 Å². The summed E-state index contributed by atoms with van der Waals surface area (Å²) in [5.74, 6) is 0.108. The van der Waals surface area contributed by atoms with Crippen molar-refractivity contribution in [3.63, 3.8) is 0 Å². The number of nitrogens with zero attached hydrogens (tertiary/aromatic N) is 2. The number of hydrogen-bond donors (Lipinski definition) is 1. The number of carbonyl (C=O) groups excluding carboxylic acids is 4. The highest BCUT2D eigenvalue weighted by Gasteiger charge is 2.58. The van der Waals surface area contributed by atoms with E-state index in [1.54, 1.807) is 12.1 Å². The summed E-state index contributed by atoms with van der Waals surface area (Å²) in [5.41, 5.74) is 1.75. The Kier molecular flexibility index (Phi) is 5.77. The Balaban J connectivity index is 1.24. The first-order chi connectivity index (χ1) is 17.9. The van der Waals surface area contributed by atoms with Crippen molar-refractivity contribution < 1.29 is 23.9 Å². The van der Waals surface area contributed by atoms with Gasteiger partial charge in [0.25, 0.3) is 5.91 Å². The number of fused-ring (bicyclic) bond motifs is 2. The summed E-state index contributed by atoms with van der Waals surface area (Å²) < 4.78 is 5.74. The van der Waals surface area contributed by atoms with Crippen molar-refractivity contribution in [2.24, 2.45) is 11.8 Å². The van der Waals surface area contributed by atoms with E-state index in [1.807, 2.05) is 41.3 Å². The molecule has 2 saturated carbocycles. The minimum Gasteiger partial charge on any atom is -0.427 e. The molecule has 8 nitrogen and oxygen atoms in total. The molecule has 1 spiro atoms. The molecule has 1 unspecified atom stereocenters. The van der Waals surface area contributed by atoms with E-state index in [0.717, 1.165) is 41.7 Å². The number of ether oxygens (including phenoxy) is 1.